The van der Waals surface area contributed by atoms with E-state index in [-0.39, 0.29) is 0 Å². The van der Waals surface area contributed by atoms with E-state index >= 15 is 0 Å². The Morgan fingerprint density at radius 3 is 2.50 bits per heavy atom. The SMILES string of the molecule is C[SiH](C)C1=CC2CCC1C2. The van der Waals surface area contributed by atoms with E-state index in [2.05, 4.69) is 19.2 Å². The van der Waals surface area contributed by atoms with Crippen molar-refractivity contribution >= 4 is 8.80 Å². The fourth-order valence-electron chi connectivity index (χ4n) is 2.54. The lowest BCUT2D eigenvalue weighted by Crippen LogP contribution is -2.12. The topological polar surface area (TPSA) is 0 Å². The number of hydrogen-bond donors (Lipinski definition) is 0. The standard InChI is InChI=1S/C9H16Si/c1-10(2)9-6-7-3-4-8(9)5-7/h6-8,10H,3-5H2,1-2H3. The zero-order valence-corrected chi connectivity index (χ0v) is 8.09. The maximum atomic E-state index is 2.60. The van der Waals surface area contributed by atoms with Gasteiger partial charge in [-0.25, -0.2) is 0 Å². The predicted octanol–water partition coefficient (Wildman–Crippen LogP) is 2.37. The second-order valence-corrected chi connectivity index (χ2v) is 7.07. The number of fused-ring (bicyclic) bond motifs is 2. The molecule has 0 aromatic carbocycles. The molecule has 56 valence electrons. The summed E-state index contributed by atoms with van der Waals surface area (Å²) in [4.78, 5) is 0. The van der Waals surface area contributed by atoms with E-state index in [0.717, 1.165) is 11.8 Å². The van der Waals surface area contributed by atoms with Gasteiger partial charge in [0.2, 0.25) is 0 Å². The molecular formula is C9H16Si. The molecule has 0 nitrogen and oxygen atoms in total. The van der Waals surface area contributed by atoms with Crippen molar-refractivity contribution in [1.82, 2.24) is 0 Å². The van der Waals surface area contributed by atoms with Crippen LogP contribution in [0.1, 0.15) is 19.3 Å². The fourth-order valence-corrected chi connectivity index (χ4v) is 4.45. The first-order valence-corrected chi connectivity index (χ1v) is 7.37. The molecule has 0 N–H and O–H groups in total. The summed E-state index contributed by atoms with van der Waals surface area (Å²) in [6.07, 6.45) is 7.13. The van der Waals surface area contributed by atoms with Gasteiger partial charge in [0.1, 0.15) is 0 Å². The van der Waals surface area contributed by atoms with Gasteiger partial charge in [0.15, 0.2) is 0 Å². The maximum absolute atomic E-state index is 2.60. The van der Waals surface area contributed by atoms with Crippen molar-refractivity contribution in [3.8, 4) is 0 Å². The van der Waals surface area contributed by atoms with Gasteiger partial charge in [-0.15, -0.1) is 0 Å². The van der Waals surface area contributed by atoms with Crippen LogP contribution in [-0.4, -0.2) is 8.80 Å². The Morgan fingerprint density at radius 2 is 2.20 bits per heavy atom. The Morgan fingerprint density at radius 1 is 1.40 bits per heavy atom. The van der Waals surface area contributed by atoms with Crippen LogP contribution in [0.5, 0.6) is 0 Å². The lowest BCUT2D eigenvalue weighted by molar-refractivity contribution is 0.681. The molecule has 2 aliphatic carbocycles. The third kappa shape index (κ3) is 0.877. The van der Waals surface area contributed by atoms with Crippen molar-refractivity contribution in [3.05, 3.63) is 11.3 Å². The van der Waals surface area contributed by atoms with E-state index in [1.807, 2.05) is 5.20 Å². The Balaban J connectivity index is 2.17. The normalized spacial score (nSPS) is 37.3. The summed E-state index contributed by atoms with van der Waals surface area (Å²) in [7, 11) is -0.407. The van der Waals surface area contributed by atoms with Gasteiger partial charge < -0.3 is 0 Å². The first kappa shape index (κ1) is 6.65. The van der Waals surface area contributed by atoms with Gasteiger partial charge >= 0.3 is 0 Å². The fraction of sp³-hybridized carbons (Fsp3) is 0.778. The van der Waals surface area contributed by atoms with E-state index in [4.69, 9.17) is 0 Å². The summed E-state index contributed by atoms with van der Waals surface area (Å²) in [6.45, 7) is 4.93. The first-order chi connectivity index (χ1) is 4.77. The van der Waals surface area contributed by atoms with Crippen LogP contribution in [0.4, 0.5) is 0 Å². The van der Waals surface area contributed by atoms with Gasteiger partial charge in [0.25, 0.3) is 0 Å². The summed E-state index contributed by atoms with van der Waals surface area (Å²) in [5.74, 6) is 2.06. The molecule has 0 aromatic heterocycles. The monoisotopic (exact) mass is 152 g/mol. The largest absolute Gasteiger partial charge is 0.0861 e. The minimum atomic E-state index is -0.407. The molecule has 0 heterocycles. The summed E-state index contributed by atoms with van der Waals surface area (Å²) in [6, 6.07) is 0. The van der Waals surface area contributed by atoms with Crippen LogP contribution in [0.3, 0.4) is 0 Å². The van der Waals surface area contributed by atoms with Crippen molar-refractivity contribution < 1.29 is 0 Å². The van der Waals surface area contributed by atoms with E-state index in [9.17, 15) is 0 Å². The second kappa shape index (κ2) is 2.23. The van der Waals surface area contributed by atoms with Crippen LogP contribution >= 0.6 is 0 Å². The van der Waals surface area contributed by atoms with Gasteiger partial charge in [0, 0.05) is 0 Å². The van der Waals surface area contributed by atoms with Crippen molar-refractivity contribution in [3.63, 3.8) is 0 Å². The first-order valence-electron chi connectivity index (χ1n) is 4.49. The van der Waals surface area contributed by atoms with Gasteiger partial charge in [-0.3, -0.25) is 0 Å². The molecule has 2 aliphatic rings. The summed E-state index contributed by atoms with van der Waals surface area (Å²) in [5, 5.41) is 1.90. The van der Waals surface area contributed by atoms with Crippen LogP contribution in [0.2, 0.25) is 13.1 Å². The van der Waals surface area contributed by atoms with Crippen molar-refractivity contribution in [2.75, 3.05) is 0 Å². The molecule has 0 saturated heterocycles. The van der Waals surface area contributed by atoms with Gasteiger partial charge in [-0.2, -0.15) is 0 Å². The van der Waals surface area contributed by atoms with Crippen molar-refractivity contribution in [2.45, 2.75) is 32.4 Å². The maximum Gasteiger partial charge on any atom is 0.0595 e. The molecule has 1 saturated carbocycles. The Labute approximate surface area is 64.9 Å². The third-order valence-electron chi connectivity index (χ3n) is 3.04. The minimum Gasteiger partial charge on any atom is -0.0861 e. The summed E-state index contributed by atoms with van der Waals surface area (Å²) in [5.41, 5.74) is 0. The van der Waals surface area contributed by atoms with Crippen LogP contribution < -0.4 is 0 Å². The van der Waals surface area contributed by atoms with Crippen LogP contribution in [0, 0.1) is 11.8 Å². The lowest BCUT2D eigenvalue weighted by atomic mass is 10.1. The summed E-state index contributed by atoms with van der Waals surface area (Å²) < 4.78 is 0. The molecule has 0 radical (unpaired) electrons. The predicted molar refractivity (Wildman–Crippen MR) is 47.8 cm³/mol. The highest BCUT2D eigenvalue weighted by Crippen LogP contribution is 2.44. The molecule has 0 spiro atoms. The minimum absolute atomic E-state index is 0.407. The molecule has 0 aliphatic heterocycles. The third-order valence-corrected chi connectivity index (χ3v) is 5.04. The smallest absolute Gasteiger partial charge is 0.0595 e. The van der Waals surface area contributed by atoms with Crippen LogP contribution in [0.25, 0.3) is 0 Å². The molecule has 1 heteroatoms. The lowest BCUT2D eigenvalue weighted by Gasteiger charge is -2.15. The van der Waals surface area contributed by atoms with E-state index in [1.165, 1.54) is 19.3 Å². The average Bonchev–Trinajstić information content (AvgIpc) is 2.44. The Kier molecular flexibility index (Phi) is 1.48. The molecule has 1 fully saturated rings. The van der Waals surface area contributed by atoms with Crippen LogP contribution in [-0.2, 0) is 0 Å². The number of rotatable bonds is 1. The Bertz CT molecular complexity index is 170. The zero-order valence-electron chi connectivity index (χ0n) is 6.93. The Hall–Kier alpha value is -0.0431. The number of hydrogen-bond acceptors (Lipinski definition) is 0. The molecule has 2 bridgehead atoms. The highest BCUT2D eigenvalue weighted by molar-refractivity contribution is 6.64. The highest BCUT2D eigenvalue weighted by Gasteiger charge is 2.33. The quantitative estimate of drug-likeness (QED) is 0.506. The van der Waals surface area contributed by atoms with Gasteiger partial charge in [0.05, 0.1) is 8.80 Å². The second-order valence-electron chi connectivity index (χ2n) is 4.09. The van der Waals surface area contributed by atoms with E-state index in [1.54, 1.807) is 0 Å². The molecule has 2 rings (SSSR count). The van der Waals surface area contributed by atoms with Crippen molar-refractivity contribution in [1.29, 1.82) is 0 Å². The average molecular weight is 152 g/mol. The van der Waals surface area contributed by atoms with E-state index in [0.29, 0.717) is 0 Å². The molecule has 2 atom stereocenters. The van der Waals surface area contributed by atoms with Gasteiger partial charge in [-0.1, -0.05) is 24.4 Å². The molecule has 0 amide bonds. The highest BCUT2D eigenvalue weighted by atomic mass is 28.3. The summed E-state index contributed by atoms with van der Waals surface area (Å²) >= 11 is 0. The zero-order chi connectivity index (χ0) is 7.14. The van der Waals surface area contributed by atoms with Crippen molar-refractivity contribution in [2.24, 2.45) is 11.8 Å². The van der Waals surface area contributed by atoms with Gasteiger partial charge in [-0.05, 0) is 31.1 Å². The number of allylic oxidation sites excluding steroid dienone is 2. The van der Waals surface area contributed by atoms with E-state index < -0.39 is 8.80 Å². The van der Waals surface area contributed by atoms with Crippen LogP contribution in [0.15, 0.2) is 11.3 Å². The molecule has 0 aromatic rings. The molecule has 2 unspecified atom stereocenters. The molecule has 10 heavy (non-hydrogen) atoms. The molecular weight excluding hydrogens is 136 g/mol.